The molecule has 3 heteroatoms. The Kier molecular flexibility index (Phi) is 12.2. The van der Waals surface area contributed by atoms with Crippen LogP contribution in [0, 0.1) is 17.3 Å². The number of hydrogen-bond acceptors (Lipinski definition) is 2. The van der Waals surface area contributed by atoms with E-state index in [1.54, 1.807) is 0 Å². The number of rotatable bonds is 12. The molecule has 0 heterocycles. The summed E-state index contributed by atoms with van der Waals surface area (Å²) in [5, 5.41) is 18.3. The van der Waals surface area contributed by atoms with Crippen molar-refractivity contribution in [3.8, 4) is 11.8 Å². The van der Waals surface area contributed by atoms with Gasteiger partial charge in [0.2, 0.25) is 0 Å². The van der Waals surface area contributed by atoms with Crippen molar-refractivity contribution in [1.82, 2.24) is 0 Å². The molecule has 2 N–H and O–H groups in total. The minimum absolute atomic E-state index is 0.0220. The summed E-state index contributed by atoms with van der Waals surface area (Å²) >= 11 is 0. The van der Waals surface area contributed by atoms with Crippen molar-refractivity contribution in [3.05, 3.63) is 72.4 Å². The third kappa shape index (κ3) is 14.1. The van der Waals surface area contributed by atoms with Crippen molar-refractivity contribution in [3.63, 3.8) is 0 Å². The topological polar surface area (TPSA) is 57.5 Å². The molecule has 1 aromatic rings. The van der Waals surface area contributed by atoms with E-state index >= 15 is 0 Å². The normalized spacial score (nSPS) is 13.1. The SMILES string of the molecule is CC(C)(\C=C/C=C/C=C/CC(O)CCCC(=O)O)CC#CCCc1ccccc1. The van der Waals surface area contributed by atoms with Gasteiger partial charge >= 0.3 is 5.97 Å². The van der Waals surface area contributed by atoms with E-state index in [0.717, 1.165) is 19.3 Å². The predicted octanol–water partition coefficient (Wildman–Crippen LogP) is 5.71. The molecule has 3 nitrogen and oxygen atoms in total. The summed E-state index contributed by atoms with van der Waals surface area (Å²) in [4.78, 5) is 10.4. The molecule has 0 radical (unpaired) electrons. The number of benzene rings is 1. The summed E-state index contributed by atoms with van der Waals surface area (Å²) in [6, 6.07) is 10.4. The van der Waals surface area contributed by atoms with Gasteiger partial charge in [0.15, 0.2) is 0 Å². The average Bonchev–Trinajstić information content (AvgIpc) is 2.67. The van der Waals surface area contributed by atoms with Crippen molar-refractivity contribution in [2.24, 2.45) is 5.41 Å². The highest BCUT2D eigenvalue weighted by atomic mass is 16.4. The Morgan fingerprint density at radius 1 is 1.10 bits per heavy atom. The molecule has 0 bridgehead atoms. The van der Waals surface area contributed by atoms with Crippen molar-refractivity contribution in [2.75, 3.05) is 0 Å². The Bertz CT molecular complexity index is 730. The summed E-state index contributed by atoms with van der Waals surface area (Å²) in [5.41, 5.74) is 1.35. The van der Waals surface area contributed by atoms with Crippen LogP contribution in [0.2, 0.25) is 0 Å². The molecule has 156 valence electrons. The standard InChI is InChI=1S/C26H34O3/c1-26(2,22-13-7-10-17-23-15-8-6-9-16-23)21-12-5-3-4-11-18-24(27)19-14-20-25(28)29/h3-6,8-9,11-12,15-16,21,24,27H,10,14,17-20,22H2,1-2H3,(H,28,29)/b5-3+,11-4+,21-12-. The first-order valence-corrected chi connectivity index (χ1v) is 10.3. The lowest BCUT2D eigenvalue weighted by atomic mass is 9.89. The van der Waals surface area contributed by atoms with Crippen LogP contribution in [0.5, 0.6) is 0 Å². The van der Waals surface area contributed by atoms with Crippen molar-refractivity contribution < 1.29 is 15.0 Å². The Hall–Kier alpha value is -2.57. The summed E-state index contributed by atoms with van der Waals surface area (Å²) < 4.78 is 0. The van der Waals surface area contributed by atoms with Crippen molar-refractivity contribution in [2.45, 2.75) is 64.9 Å². The second-order valence-corrected chi connectivity index (χ2v) is 7.85. The van der Waals surface area contributed by atoms with Crippen LogP contribution in [0.4, 0.5) is 0 Å². The summed E-state index contributed by atoms with van der Waals surface area (Å²) in [6.45, 7) is 4.35. The number of allylic oxidation sites excluding steroid dienone is 5. The first kappa shape index (κ1) is 24.5. The number of aryl methyl sites for hydroxylation is 1. The van der Waals surface area contributed by atoms with Crippen LogP contribution in [0.1, 0.15) is 57.9 Å². The third-order valence-electron chi connectivity index (χ3n) is 4.40. The van der Waals surface area contributed by atoms with Gasteiger partial charge in [-0.1, -0.05) is 80.6 Å². The maximum Gasteiger partial charge on any atom is 0.303 e. The van der Waals surface area contributed by atoms with Gasteiger partial charge in [0.1, 0.15) is 0 Å². The fourth-order valence-electron chi connectivity index (χ4n) is 2.65. The number of aliphatic carboxylic acids is 1. The molecule has 0 amide bonds. The lowest BCUT2D eigenvalue weighted by Crippen LogP contribution is -2.06. The first-order valence-electron chi connectivity index (χ1n) is 10.3. The Morgan fingerprint density at radius 3 is 2.55 bits per heavy atom. The molecule has 1 aromatic carbocycles. The fourth-order valence-corrected chi connectivity index (χ4v) is 2.65. The smallest absolute Gasteiger partial charge is 0.303 e. The molecule has 0 fully saturated rings. The van der Waals surface area contributed by atoms with Crippen LogP contribution in [0.25, 0.3) is 0 Å². The molecular weight excluding hydrogens is 360 g/mol. The highest BCUT2D eigenvalue weighted by Gasteiger charge is 2.10. The molecule has 0 spiro atoms. The van der Waals surface area contributed by atoms with Gasteiger partial charge in [-0.15, -0.1) is 11.8 Å². The van der Waals surface area contributed by atoms with E-state index < -0.39 is 12.1 Å². The van der Waals surface area contributed by atoms with E-state index in [1.165, 1.54) is 5.56 Å². The Labute approximate surface area is 175 Å². The van der Waals surface area contributed by atoms with E-state index in [2.05, 4.69) is 56.0 Å². The number of aliphatic hydroxyl groups is 1. The van der Waals surface area contributed by atoms with Gasteiger partial charge in [0, 0.05) is 19.3 Å². The Morgan fingerprint density at radius 2 is 1.83 bits per heavy atom. The maximum atomic E-state index is 10.4. The second-order valence-electron chi connectivity index (χ2n) is 7.85. The lowest BCUT2D eigenvalue weighted by molar-refractivity contribution is -0.137. The first-order chi connectivity index (χ1) is 13.9. The molecule has 1 rings (SSSR count). The molecule has 29 heavy (non-hydrogen) atoms. The highest BCUT2D eigenvalue weighted by Crippen LogP contribution is 2.21. The van der Waals surface area contributed by atoms with Crippen LogP contribution in [0.3, 0.4) is 0 Å². The second kappa shape index (κ2) is 14.4. The van der Waals surface area contributed by atoms with E-state index in [1.807, 2.05) is 36.4 Å². The van der Waals surface area contributed by atoms with E-state index in [4.69, 9.17) is 5.11 Å². The zero-order valence-electron chi connectivity index (χ0n) is 17.7. The molecule has 1 unspecified atom stereocenters. The predicted molar refractivity (Wildman–Crippen MR) is 120 cm³/mol. The van der Waals surface area contributed by atoms with Crippen LogP contribution >= 0.6 is 0 Å². The van der Waals surface area contributed by atoms with Gasteiger partial charge in [-0.2, -0.15) is 0 Å². The zero-order valence-corrected chi connectivity index (χ0v) is 17.7. The largest absolute Gasteiger partial charge is 0.481 e. The number of aliphatic hydroxyl groups excluding tert-OH is 1. The van der Waals surface area contributed by atoms with Gasteiger partial charge in [0.25, 0.3) is 0 Å². The molecule has 0 aromatic heterocycles. The van der Waals surface area contributed by atoms with Gasteiger partial charge in [0.05, 0.1) is 6.10 Å². The average molecular weight is 395 g/mol. The summed E-state index contributed by atoms with van der Waals surface area (Å²) in [6.07, 6.45) is 15.8. The molecule has 0 aliphatic heterocycles. The number of carboxylic acid groups (broad SMARTS) is 1. The van der Waals surface area contributed by atoms with Crippen molar-refractivity contribution >= 4 is 5.97 Å². The number of carboxylic acids is 1. The van der Waals surface area contributed by atoms with Crippen LogP contribution in [0.15, 0.2) is 66.8 Å². The van der Waals surface area contributed by atoms with E-state index in [0.29, 0.717) is 19.3 Å². The summed E-state index contributed by atoms with van der Waals surface area (Å²) in [7, 11) is 0. The quantitative estimate of drug-likeness (QED) is 0.352. The molecule has 1 atom stereocenters. The van der Waals surface area contributed by atoms with Crippen molar-refractivity contribution in [1.29, 1.82) is 0 Å². The molecule has 0 aliphatic rings. The minimum atomic E-state index is -0.816. The van der Waals surface area contributed by atoms with Gasteiger partial charge in [-0.25, -0.2) is 0 Å². The molecular formula is C26H34O3. The summed E-state index contributed by atoms with van der Waals surface area (Å²) in [5.74, 6) is 5.74. The molecule has 0 saturated heterocycles. The number of hydrogen-bond donors (Lipinski definition) is 2. The lowest BCUT2D eigenvalue weighted by Gasteiger charge is -2.15. The van der Waals surface area contributed by atoms with Crippen LogP contribution in [-0.4, -0.2) is 22.3 Å². The fraction of sp³-hybridized carbons (Fsp3) is 0.423. The van der Waals surface area contributed by atoms with Crippen LogP contribution < -0.4 is 0 Å². The molecule has 0 aliphatic carbocycles. The number of carbonyl (C=O) groups is 1. The van der Waals surface area contributed by atoms with Gasteiger partial charge in [-0.3, -0.25) is 4.79 Å². The minimum Gasteiger partial charge on any atom is -0.481 e. The van der Waals surface area contributed by atoms with Crippen LogP contribution in [-0.2, 0) is 11.2 Å². The maximum absolute atomic E-state index is 10.4. The molecule has 0 saturated carbocycles. The zero-order chi connectivity index (χ0) is 21.4. The highest BCUT2D eigenvalue weighted by molar-refractivity contribution is 5.66. The Balaban J connectivity index is 2.23. The van der Waals surface area contributed by atoms with Gasteiger partial charge in [-0.05, 0) is 36.7 Å². The monoisotopic (exact) mass is 394 g/mol. The third-order valence-corrected chi connectivity index (χ3v) is 4.40. The van der Waals surface area contributed by atoms with Gasteiger partial charge < -0.3 is 10.2 Å². The van der Waals surface area contributed by atoms with E-state index in [9.17, 15) is 9.90 Å². The van der Waals surface area contributed by atoms with E-state index in [-0.39, 0.29) is 11.8 Å².